The van der Waals surface area contributed by atoms with Crippen LogP contribution < -0.4 is 4.90 Å². The van der Waals surface area contributed by atoms with E-state index >= 15 is 0 Å². The fourth-order valence-electron chi connectivity index (χ4n) is 2.92. The summed E-state index contributed by atoms with van der Waals surface area (Å²) in [6, 6.07) is 10.3. The second-order valence-electron chi connectivity index (χ2n) is 5.47. The van der Waals surface area contributed by atoms with Gasteiger partial charge < -0.3 is 4.90 Å². The van der Waals surface area contributed by atoms with Crippen molar-refractivity contribution < 1.29 is 0 Å². The predicted octanol–water partition coefficient (Wildman–Crippen LogP) is 3.13. The smallest absolute Gasteiger partial charge is 0.155 e. The first-order chi connectivity index (χ1) is 10.9. The van der Waals surface area contributed by atoms with E-state index in [-0.39, 0.29) is 0 Å². The molecule has 0 amide bonds. The largest absolute Gasteiger partial charge is 0.355 e. The lowest BCUT2D eigenvalue weighted by molar-refractivity contribution is 0.929. The normalized spacial score (nSPS) is 14.5. The SMILES string of the molecule is c1cc(-c2ccc(-c3nccnc3N3CCCC3)cc2)[nH]n1. The van der Waals surface area contributed by atoms with Gasteiger partial charge in [0.05, 0.1) is 5.69 Å². The molecular weight excluding hydrogens is 274 g/mol. The molecule has 1 fully saturated rings. The summed E-state index contributed by atoms with van der Waals surface area (Å²) >= 11 is 0. The van der Waals surface area contributed by atoms with Gasteiger partial charge >= 0.3 is 0 Å². The zero-order valence-electron chi connectivity index (χ0n) is 12.2. The number of aromatic amines is 1. The van der Waals surface area contributed by atoms with Gasteiger partial charge in [0.25, 0.3) is 0 Å². The lowest BCUT2D eigenvalue weighted by Gasteiger charge is -2.19. The van der Waals surface area contributed by atoms with Gasteiger partial charge in [0.15, 0.2) is 5.82 Å². The summed E-state index contributed by atoms with van der Waals surface area (Å²) in [5, 5.41) is 6.97. The predicted molar refractivity (Wildman–Crippen MR) is 86.5 cm³/mol. The van der Waals surface area contributed by atoms with Crippen molar-refractivity contribution in [1.29, 1.82) is 0 Å². The highest BCUT2D eigenvalue weighted by Crippen LogP contribution is 2.30. The van der Waals surface area contributed by atoms with Crippen LogP contribution in [0.3, 0.4) is 0 Å². The van der Waals surface area contributed by atoms with Gasteiger partial charge in [-0.15, -0.1) is 0 Å². The molecule has 0 atom stereocenters. The zero-order valence-corrected chi connectivity index (χ0v) is 12.2. The van der Waals surface area contributed by atoms with Gasteiger partial charge in [-0.2, -0.15) is 5.10 Å². The first kappa shape index (κ1) is 13.0. The molecule has 0 radical (unpaired) electrons. The maximum Gasteiger partial charge on any atom is 0.155 e. The molecule has 1 aliphatic heterocycles. The maximum absolute atomic E-state index is 4.56. The van der Waals surface area contributed by atoms with E-state index < -0.39 is 0 Å². The van der Waals surface area contributed by atoms with Crippen LogP contribution in [0.15, 0.2) is 48.9 Å². The second kappa shape index (κ2) is 5.60. The van der Waals surface area contributed by atoms with Crippen molar-refractivity contribution >= 4 is 5.82 Å². The van der Waals surface area contributed by atoms with Crippen LogP contribution in [0, 0.1) is 0 Å². The van der Waals surface area contributed by atoms with Crippen molar-refractivity contribution in [2.45, 2.75) is 12.8 Å². The Morgan fingerprint density at radius 3 is 2.27 bits per heavy atom. The van der Waals surface area contributed by atoms with Gasteiger partial charge in [-0.25, -0.2) is 4.98 Å². The van der Waals surface area contributed by atoms with E-state index in [1.54, 1.807) is 18.6 Å². The van der Waals surface area contributed by atoms with Crippen molar-refractivity contribution in [2.75, 3.05) is 18.0 Å². The van der Waals surface area contributed by atoms with E-state index in [9.17, 15) is 0 Å². The molecule has 4 rings (SSSR count). The topological polar surface area (TPSA) is 57.7 Å². The van der Waals surface area contributed by atoms with E-state index in [0.29, 0.717) is 0 Å². The van der Waals surface area contributed by atoms with Crippen molar-refractivity contribution in [3.05, 3.63) is 48.9 Å². The lowest BCUT2D eigenvalue weighted by Crippen LogP contribution is -2.20. The Hall–Kier alpha value is -2.69. The van der Waals surface area contributed by atoms with Gasteiger partial charge in [-0.05, 0) is 24.5 Å². The molecule has 5 heteroatoms. The number of nitrogens with one attached hydrogen (secondary N) is 1. The molecule has 1 saturated heterocycles. The van der Waals surface area contributed by atoms with Crippen LogP contribution in [0.2, 0.25) is 0 Å². The van der Waals surface area contributed by atoms with Crippen LogP contribution in [0.4, 0.5) is 5.82 Å². The number of rotatable bonds is 3. The number of nitrogens with zero attached hydrogens (tertiary/aromatic N) is 4. The van der Waals surface area contributed by atoms with E-state index in [0.717, 1.165) is 41.4 Å². The number of aromatic nitrogens is 4. The van der Waals surface area contributed by atoms with E-state index in [1.165, 1.54) is 12.8 Å². The molecule has 0 bridgehead atoms. The van der Waals surface area contributed by atoms with Crippen LogP contribution in [0.25, 0.3) is 22.5 Å². The molecule has 1 N–H and O–H groups in total. The van der Waals surface area contributed by atoms with Crippen LogP contribution in [0.5, 0.6) is 0 Å². The molecule has 1 aromatic carbocycles. The summed E-state index contributed by atoms with van der Waals surface area (Å²) in [4.78, 5) is 11.4. The molecule has 0 spiro atoms. The monoisotopic (exact) mass is 291 g/mol. The first-order valence-corrected chi connectivity index (χ1v) is 7.58. The third kappa shape index (κ3) is 2.35. The molecule has 3 aromatic rings. The number of hydrogen-bond acceptors (Lipinski definition) is 4. The molecule has 0 unspecified atom stereocenters. The van der Waals surface area contributed by atoms with Crippen molar-refractivity contribution in [3.63, 3.8) is 0 Å². The molecule has 1 aliphatic rings. The highest BCUT2D eigenvalue weighted by Gasteiger charge is 2.18. The van der Waals surface area contributed by atoms with Crippen LogP contribution in [-0.4, -0.2) is 33.3 Å². The maximum atomic E-state index is 4.56. The number of benzene rings is 1. The van der Waals surface area contributed by atoms with Crippen LogP contribution >= 0.6 is 0 Å². The Balaban J connectivity index is 1.70. The van der Waals surface area contributed by atoms with Gasteiger partial charge in [-0.3, -0.25) is 10.1 Å². The van der Waals surface area contributed by atoms with Gasteiger partial charge in [0, 0.05) is 37.2 Å². The fraction of sp³-hybridized carbons (Fsp3) is 0.235. The summed E-state index contributed by atoms with van der Waals surface area (Å²) in [5.41, 5.74) is 4.19. The lowest BCUT2D eigenvalue weighted by atomic mass is 10.1. The molecule has 2 aromatic heterocycles. The summed E-state index contributed by atoms with van der Waals surface area (Å²) < 4.78 is 0. The van der Waals surface area contributed by atoms with Gasteiger partial charge in [-0.1, -0.05) is 24.3 Å². The van der Waals surface area contributed by atoms with Crippen molar-refractivity contribution in [2.24, 2.45) is 0 Å². The Morgan fingerprint density at radius 1 is 0.818 bits per heavy atom. The minimum absolute atomic E-state index is 0.959. The van der Waals surface area contributed by atoms with Crippen molar-refractivity contribution in [1.82, 2.24) is 20.2 Å². The van der Waals surface area contributed by atoms with Gasteiger partial charge in [0.1, 0.15) is 5.69 Å². The minimum Gasteiger partial charge on any atom is -0.355 e. The van der Waals surface area contributed by atoms with E-state index in [4.69, 9.17) is 0 Å². The number of H-pyrrole nitrogens is 1. The Morgan fingerprint density at radius 2 is 1.55 bits per heavy atom. The van der Waals surface area contributed by atoms with Crippen LogP contribution in [0.1, 0.15) is 12.8 Å². The van der Waals surface area contributed by atoms with Crippen LogP contribution in [-0.2, 0) is 0 Å². The highest BCUT2D eigenvalue weighted by atomic mass is 15.2. The molecular formula is C17H17N5. The van der Waals surface area contributed by atoms with Gasteiger partial charge in [0.2, 0.25) is 0 Å². The minimum atomic E-state index is 0.959. The third-order valence-corrected chi connectivity index (χ3v) is 4.05. The first-order valence-electron chi connectivity index (χ1n) is 7.58. The molecule has 110 valence electrons. The quantitative estimate of drug-likeness (QED) is 0.805. The summed E-state index contributed by atoms with van der Waals surface area (Å²) in [5.74, 6) is 0.995. The standard InChI is InChI=1S/C17H17N5/c1-2-12-22(11-1)17-16(18-9-10-19-17)14-5-3-13(4-6-14)15-7-8-20-21-15/h3-10H,1-2,11-12H2,(H,20,21). The zero-order chi connectivity index (χ0) is 14.8. The number of hydrogen-bond donors (Lipinski definition) is 1. The molecule has 0 saturated carbocycles. The third-order valence-electron chi connectivity index (χ3n) is 4.05. The molecule has 22 heavy (non-hydrogen) atoms. The van der Waals surface area contributed by atoms with Crippen molar-refractivity contribution in [3.8, 4) is 22.5 Å². The number of anilines is 1. The molecule has 5 nitrogen and oxygen atoms in total. The van der Waals surface area contributed by atoms with E-state index in [1.807, 2.05) is 6.07 Å². The summed E-state index contributed by atoms with van der Waals surface area (Å²) in [6.07, 6.45) is 7.76. The molecule has 3 heterocycles. The average Bonchev–Trinajstić information content (AvgIpc) is 3.29. The summed E-state index contributed by atoms with van der Waals surface area (Å²) in [7, 11) is 0. The Kier molecular flexibility index (Phi) is 3.31. The average molecular weight is 291 g/mol. The Labute approximate surface area is 129 Å². The fourth-order valence-corrected chi connectivity index (χ4v) is 2.92. The highest BCUT2D eigenvalue weighted by molar-refractivity contribution is 5.74. The van der Waals surface area contributed by atoms with E-state index in [2.05, 4.69) is 49.3 Å². The Bertz CT molecular complexity index is 743. The molecule has 0 aliphatic carbocycles. The second-order valence-corrected chi connectivity index (χ2v) is 5.47. The summed E-state index contributed by atoms with van der Waals surface area (Å²) in [6.45, 7) is 2.13.